The number of piperidine rings is 1. The zero-order valence-electron chi connectivity index (χ0n) is 11.4. The van der Waals surface area contributed by atoms with Crippen LogP contribution in [0.25, 0.3) is 0 Å². The summed E-state index contributed by atoms with van der Waals surface area (Å²) in [6.45, 7) is 7.27. The second kappa shape index (κ2) is 7.67. The molecule has 1 heterocycles. The molecule has 1 N–H and O–H groups in total. The molecule has 0 aromatic carbocycles. The number of nitrogens with one attached hydrogen (secondary N) is 1. The summed E-state index contributed by atoms with van der Waals surface area (Å²) in [5, 5.41) is 3.44. The fraction of sp³-hybridized carbons (Fsp3) is 0.923. The van der Waals surface area contributed by atoms with Crippen LogP contribution in [0.3, 0.4) is 0 Å². The lowest BCUT2D eigenvalue weighted by Crippen LogP contribution is -2.44. The van der Waals surface area contributed by atoms with Crippen LogP contribution in [0.1, 0.15) is 33.1 Å². The summed E-state index contributed by atoms with van der Waals surface area (Å²) in [5.41, 5.74) is 0. The van der Waals surface area contributed by atoms with Gasteiger partial charge in [-0.3, -0.25) is 4.79 Å². The quantitative estimate of drug-likeness (QED) is 0.713. The highest BCUT2D eigenvalue weighted by atomic mass is 16.5. The first-order valence-corrected chi connectivity index (χ1v) is 6.70. The molecule has 0 saturated carbocycles. The highest BCUT2D eigenvalue weighted by Gasteiger charge is 2.24. The molecule has 1 fully saturated rings. The number of nitrogens with zero attached hydrogens (tertiary/aromatic N) is 1. The van der Waals surface area contributed by atoms with Gasteiger partial charge in [0, 0.05) is 32.7 Å². The van der Waals surface area contributed by atoms with Crippen molar-refractivity contribution in [3.8, 4) is 0 Å². The van der Waals surface area contributed by atoms with E-state index in [9.17, 15) is 4.79 Å². The molecule has 0 aromatic heterocycles. The van der Waals surface area contributed by atoms with E-state index in [1.165, 1.54) is 12.8 Å². The topological polar surface area (TPSA) is 41.6 Å². The van der Waals surface area contributed by atoms with E-state index in [4.69, 9.17) is 4.74 Å². The third-order valence-electron chi connectivity index (χ3n) is 3.53. The van der Waals surface area contributed by atoms with Crippen LogP contribution in [0.4, 0.5) is 0 Å². The maximum absolute atomic E-state index is 12.0. The fourth-order valence-corrected chi connectivity index (χ4v) is 2.20. The molecule has 4 heteroatoms. The van der Waals surface area contributed by atoms with Gasteiger partial charge < -0.3 is 15.0 Å². The van der Waals surface area contributed by atoms with Gasteiger partial charge in [0.05, 0.1) is 6.61 Å². The van der Waals surface area contributed by atoms with E-state index >= 15 is 0 Å². The fourth-order valence-electron chi connectivity index (χ4n) is 2.20. The van der Waals surface area contributed by atoms with E-state index in [-0.39, 0.29) is 5.91 Å². The Bertz CT molecular complexity index is 233. The molecule has 0 aliphatic carbocycles. The summed E-state index contributed by atoms with van der Waals surface area (Å²) >= 11 is 0. The van der Waals surface area contributed by atoms with Crippen molar-refractivity contribution in [1.29, 1.82) is 0 Å². The van der Waals surface area contributed by atoms with Crippen molar-refractivity contribution in [3.05, 3.63) is 0 Å². The summed E-state index contributed by atoms with van der Waals surface area (Å²) in [7, 11) is 1.86. The first-order valence-electron chi connectivity index (χ1n) is 6.70. The van der Waals surface area contributed by atoms with Gasteiger partial charge in [0.25, 0.3) is 0 Å². The molecule has 0 bridgehead atoms. The predicted molar refractivity (Wildman–Crippen MR) is 68.9 cm³/mol. The first-order chi connectivity index (χ1) is 8.15. The smallest absolute Gasteiger partial charge is 0.223 e. The first kappa shape index (κ1) is 14.5. The molecule has 1 saturated heterocycles. The number of hydrogen-bond donors (Lipinski definition) is 1. The van der Waals surface area contributed by atoms with Gasteiger partial charge in [0.2, 0.25) is 5.91 Å². The summed E-state index contributed by atoms with van der Waals surface area (Å²) in [4.78, 5) is 13.8. The second-order valence-corrected chi connectivity index (χ2v) is 4.90. The van der Waals surface area contributed by atoms with Crippen molar-refractivity contribution >= 4 is 5.91 Å². The molecular weight excluding hydrogens is 216 g/mol. The molecule has 2 atom stereocenters. The monoisotopic (exact) mass is 242 g/mol. The largest absolute Gasteiger partial charge is 0.380 e. The molecule has 0 spiro atoms. The standard InChI is InChI=1S/C13H26N2O2/c1-4-17-9-8-15(3)13(16)10-12-11(2)6-5-7-14-12/h11-12,14H,4-10H2,1-3H3. The lowest BCUT2D eigenvalue weighted by atomic mass is 9.90. The zero-order chi connectivity index (χ0) is 12.7. The molecule has 2 unspecified atom stereocenters. The number of hydrogen-bond acceptors (Lipinski definition) is 3. The Labute approximate surface area is 105 Å². The van der Waals surface area contributed by atoms with Crippen molar-refractivity contribution in [2.75, 3.05) is 33.4 Å². The number of carbonyl (C=O) groups is 1. The van der Waals surface area contributed by atoms with E-state index in [2.05, 4.69) is 12.2 Å². The Morgan fingerprint density at radius 3 is 2.94 bits per heavy atom. The highest BCUT2D eigenvalue weighted by Crippen LogP contribution is 2.18. The van der Waals surface area contributed by atoms with Gasteiger partial charge in [0.15, 0.2) is 0 Å². The second-order valence-electron chi connectivity index (χ2n) is 4.90. The average molecular weight is 242 g/mol. The van der Waals surface area contributed by atoms with Crippen LogP contribution in [-0.4, -0.2) is 50.2 Å². The van der Waals surface area contributed by atoms with Crippen LogP contribution >= 0.6 is 0 Å². The van der Waals surface area contributed by atoms with Gasteiger partial charge in [0.1, 0.15) is 0 Å². The van der Waals surface area contributed by atoms with E-state index in [1.807, 2.05) is 14.0 Å². The lowest BCUT2D eigenvalue weighted by molar-refractivity contribution is -0.131. The van der Waals surface area contributed by atoms with Crippen LogP contribution in [0.5, 0.6) is 0 Å². The summed E-state index contributed by atoms with van der Waals surface area (Å²) in [6, 6.07) is 0.353. The van der Waals surface area contributed by atoms with Gasteiger partial charge in [-0.25, -0.2) is 0 Å². The minimum atomic E-state index is 0.218. The van der Waals surface area contributed by atoms with Gasteiger partial charge >= 0.3 is 0 Å². The molecule has 4 nitrogen and oxygen atoms in total. The number of carbonyl (C=O) groups excluding carboxylic acids is 1. The molecular formula is C13H26N2O2. The van der Waals surface area contributed by atoms with Gasteiger partial charge in [-0.15, -0.1) is 0 Å². The maximum atomic E-state index is 12.0. The van der Waals surface area contributed by atoms with Crippen molar-refractivity contribution in [2.45, 2.75) is 39.2 Å². The van der Waals surface area contributed by atoms with Crippen molar-refractivity contribution in [3.63, 3.8) is 0 Å². The summed E-state index contributed by atoms with van der Waals surface area (Å²) < 4.78 is 5.26. The highest BCUT2D eigenvalue weighted by molar-refractivity contribution is 5.76. The van der Waals surface area contributed by atoms with Crippen molar-refractivity contribution in [2.24, 2.45) is 5.92 Å². The Hall–Kier alpha value is -0.610. The van der Waals surface area contributed by atoms with Crippen LogP contribution in [0.2, 0.25) is 0 Å². The third-order valence-corrected chi connectivity index (χ3v) is 3.53. The minimum absolute atomic E-state index is 0.218. The number of amides is 1. The summed E-state index contributed by atoms with van der Waals surface area (Å²) in [6.07, 6.45) is 3.07. The van der Waals surface area contributed by atoms with Gasteiger partial charge in [-0.1, -0.05) is 6.92 Å². The van der Waals surface area contributed by atoms with Crippen LogP contribution in [0.15, 0.2) is 0 Å². The lowest BCUT2D eigenvalue weighted by Gasteiger charge is -2.31. The molecule has 0 radical (unpaired) electrons. The molecule has 1 amide bonds. The Morgan fingerprint density at radius 2 is 2.29 bits per heavy atom. The average Bonchev–Trinajstić information content (AvgIpc) is 2.32. The molecule has 1 aliphatic rings. The Kier molecular flexibility index (Phi) is 6.52. The number of likely N-dealkylation sites (N-methyl/N-ethyl adjacent to an activating group) is 1. The minimum Gasteiger partial charge on any atom is -0.380 e. The molecule has 1 rings (SSSR count). The normalized spacial score (nSPS) is 24.6. The van der Waals surface area contributed by atoms with Crippen LogP contribution in [0, 0.1) is 5.92 Å². The molecule has 17 heavy (non-hydrogen) atoms. The Balaban J connectivity index is 2.26. The molecule has 100 valence electrons. The third kappa shape index (κ3) is 5.04. The summed E-state index contributed by atoms with van der Waals surface area (Å²) in [5.74, 6) is 0.823. The Morgan fingerprint density at radius 1 is 1.53 bits per heavy atom. The number of rotatable bonds is 6. The van der Waals surface area contributed by atoms with Crippen LogP contribution < -0.4 is 5.32 Å². The zero-order valence-corrected chi connectivity index (χ0v) is 11.4. The molecule has 1 aliphatic heterocycles. The number of ether oxygens (including phenoxy) is 1. The van der Waals surface area contributed by atoms with E-state index < -0.39 is 0 Å². The van der Waals surface area contributed by atoms with Crippen LogP contribution in [-0.2, 0) is 9.53 Å². The van der Waals surface area contributed by atoms with E-state index in [0.717, 1.165) is 6.54 Å². The van der Waals surface area contributed by atoms with Gasteiger partial charge in [-0.2, -0.15) is 0 Å². The van der Waals surface area contributed by atoms with Gasteiger partial charge in [-0.05, 0) is 32.2 Å². The maximum Gasteiger partial charge on any atom is 0.223 e. The molecule has 0 aromatic rings. The van der Waals surface area contributed by atoms with E-state index in [1.54, 1.807) is 4.90 Å². The van der Waals surface area contributed by atoms with Crippen molar-refractivity contribution in [1.82, 2.24) is 10.2 Å². The van der Waals surface area contributed by atoms with Crippen molar-refractivity contribution < 1.29 is 9.53 Å². The predicted octanol–water partition coefficient (Wildman–Crippen LogP) is 1.26. The van der Waals surface area contributed by atoms with E-state index in [0.29, 0.717) is 38.1 Å². The SMILES string of the molecule is CCOCCN(C)C(=O)CC1NCCCC1C.